The van der Waals surface area contributed by atoms with E-state index in [4.69, 9.17) is 24.0 Å². The first-order chi connectivity index (χ1) is 23.2. The van der Waals surface area contributed by atoms with Crippen LogP contribution in [0.4, 0.5) is 0 Å². The topological polar surface area (TPSA) is 138 Å². The molecule has 48 heavy (non-hydrogen) atoms. The maximum Gasteiger partial charge on any atom is 0.355 e. The second kappa shape index (κ2) is 14.8. The number of aryl methyl sites for hydroxylation is 1. The summed E-state index contributed by atoms with van der Waals surface area (Å²) in [6.45, 7) is 10.6. The highest BCUT2D eigenvalue weighted by molar-refractivity contribution is 6.08. The fraction of sp³-hybridized carbons (Fsp3) is 0.351. The minimum absolute atomic E-state index is 0.00385. The maximum atomic E-state index is 13.5. The first kappa shape index (κ1) is 34.3. The Morgan fingerprint density at radius 2 is 1.83 bits per heavy atom. The number of aliphatic hydroxyl groups is 1. The Labute approximate surface area is 279 Å². The van der Waals surface area contributed by atoms with Gasteiger partial charge in [0.1, 0.15) is 31.3 Å². The van der Waals surface area contributed by atoms with Gasteiger partial charge in [-0.1, -0.05) is 62.9 Å². The van der Waals surface area contributed by atoms with Crippen LogP contribution in [0.25, 0.3) is 16.7 Å². The standard InChI is InChI=1S/C37H39NO10/c1-6-16-45-37(43)34-28(21(3)33-31(35(41)38(33)34)22(4)36(42)48-47-17-7-2)20-46-29-12-8-11-24-27(19-30(40)44-5)26-18-23(10-9-15-39)13-14-25(26)32(24)29/h6-8,11-14,18-19,21-22,31,33,39H,1-2,9-10,15-17,20H2,3-5H3/b27-19-. The molecule has 5 rings (SSSR count). The molecule has 252 valence electrons. The van der Waals surface area contributed by atoms with Gasteiger partial charge in [0.2, 0.25) is 5.91 Å². The summed E-state index contributed by atoms with van der Waals surface area (Å²) < 4.78 is 16.8. The van der Waals surface area contributed by atoms with Crippen molar-refractivity contribution in [1.82, 2.24) is 4.90 Å². The highest BCUT2D eigenvalue weighted by Crippen LogP contribution is 2.51. The third-order valence-corrected chi connectivity index (χ3v) is 8.99. The number of fused-ring (bicyclic) bond motifs is 4. The Balaban J connectivity index is 1.48. The SMILES string of the molecule is C=CCOOC(=O)C(C)C1C(=O)N2C(C(=O)OCC=C)=C(COc3cccc4c3-c3ccc(CCCO)cc3/C4=C\C(=O)OC)C(C)C12. The van der Waals surface area contributed by atoms with E-state index in [1.54, 1.807) is 6.92 Å². The molecule has 2 aromatic rings. The number of carbonyl (C=O) groups is 4. The molecule has 11 heteroatoms. The molecule has 11 nitrogen and oxygen atoms in total. The van der Waals surface area contributed by atoms with Crippen LogP contribution in [0.15, 0.2) is 79.1 Å². The fourth-order valence-electron chi connectivity index (χ4n) is 6.66. The number of benzene rings is 2. The van der Waals surface area contributed by atoms with Crippen molar-refractivity contribution in [3.8, 4) is 16.9 Å². The van der Waals surface area contributed by atoms with E-state index in [1.807, 2.05) is 43.3 Å². The lowest BCUT2D eigenvalue weighted by atomic mass is 9.74. The molecule has 2 heterocycles. The first-order valence-electron chi connectivity index (χ1n) is 15.8. The number of hydrogen-bond donors (Lipinski definition) is 1. The van der Waals surface area contributed by atoms with Crippen molar-refractivity contribution in [2.24, 2.45) is 17.8 Å². The average Bonchev–Trinajstić information content (AvgIpc) is 3.53. The molecule has 2 aliphatic heterocycles. The van der Waals surface area contributed by atoms with E-state index in [0.29, 0.717) is 29.7 Å². The lowest BCUT2D eigenvalue weighted by Crippen LogP contribution is -2.63. The molecule has 0 spiro atoms. The molecule has 0 radical (unpaired) electrons. The van der Waals surface area contributed by atoms with E-state index in [0.717, 1.165) is 27.8 Å². The quantitative estimate of drug-likeness (QED) is 0.0478. The number of aliphatic hydroxyl groups excluding tert-OH is 1. The Kier molecular flexibility index (Phi) is 10.6. The number of amides is 1. The number of β-lactam (4-membered cyclic amide) rings is 1. The lowest BCUT2D eigenvalue weighted by molar-refractivity contribution is -0.271. The smallest absolute Gasteiger partial charge is 0.355 e. The van der Waals surface area contributed by atoms with Gasteiger partial charge in [-0.05, 0) is 46.7 Å². The molecule has 1 amide bonds. The zero-order chi connectivity index (χ0) is 34.5. The molecule has 4 unspecified atom stereocenters. The molecule has 3 aliphatic rings. The highest BCUT2D eigenvalue weighted by Gasteiger charge is 2.61. The first-order valence-corrected chi connectivity index (χ1v) is 15.8. The summed E-state index contributed by atoms with van der Waals surface area (Å²) in [4.78, 5) is 63.1. The van der Waals surface area contributed by atoms with E-state index in [1.165, 1.54) is 30.2 Å². The molecule has 1 N–H and O–H groups in total. The van der Waals surface area contributed by atoms with Gasteiger partial charge in [-0.25, -0.2) is 14.4 Å². The van der Waals surface area contributed by atoms with Gasteiger partial charge in [-0.2, -0.15) is 4.89 Å². The minimum Gasteiger partial charge on any atom is -0.488 e. The number of nitrogens with zero attached hydrogens (tertiary/aromatic N) is 1. The summed E-state index contributed by atoms with van der Waals surface area (Å²) in [5.74, 6) is -3.74. The third kappa shape index (κ3) is 6.31. The number of methoxy groups -OCH3 is 1. The zero-order valence-electron chi connectivity index (χ0n) is 27.2. The van der Waals surface area contributed by atoms with Crippen LogP contribution in [-0.4, -0.2) is 73.4 Å². The number of hydrogen-bond acceptors (Lipinski definition) is 10. The van der Waals surface area contributed by atoms with Crippen LogP contribution >= 0.6 is 0 Å². The summed E-state index contributed by atoms with van der Waals surface area (Å²) in [5, 5.41) is 9.35. The second-order valence-electron chi connectivity index (χ2n) is 11.8. The van der Waals surface area contributed by atoms with Crippen molar-refractivity contribution in [3.63, 3.8) is 0 Å². The van der Waals surface area contributed by atoms with E-state index in [-0.39, 0.29) is 38.0 Å². The van der Waals surface area contributed by atoms with E-state index >= 15 is 0 Å². The summed E-state index contributed by atoms with van der Waals surface area (Å²) in [7, 11) is 1.32. The van der Waals surface area contributed by atoms with Gasteiger partial charge < -0.3 is 24.2 Å². The van der Waals surface area contributed by atoms with E-state index in [2.05, 4.69) is 13.2 Å². The van der Waals surface area contributed by atoms with E-state index < -0.39 is 41.7 Å². The zero-order valence-corrected chi connectivity index (χ0v) is 27.2. The van der Waals surface area contributed by atoms with E-state index in [9.17, 15) is 24.3 Å². The van der Waals surface area contributed by atoms with Gasteiger partial charge in [-0.3, -0.25) is 9.68 Å². The molecular formula is C37H39NO10. The molecule has 1 saturated heterocycles. The van der Waals surface area contributed by atoms with Crippen LogP contribution in [0.2, 0.25) is 0 Å². The molecule has 0 bridgehead atoms. The molecule has 1 aliphatic carbocycles. The highest BCUT2D eigenvalue weighted by atomic mass is 17.2. The third-order valence-electron chi connectivity index (χ3n) is 8.99. The van der Waals surface area contributed by atoms with Gasteiger partial charge in [0, 0.05) is 29.7 Å². The van der Waals surface area contributed by atoms with Crippen LogP contribution in [0.5, 0.6) is 5.75 Å². The van der Waals surface area contributed by atoms with Crippen molar-refractivity contribution in [3.05, 3.63) is 95.7 Å². The van der Waals surface area contributed by atoms with Crippen molar-refractivity contribution >= 4 is 29.4 Å². The predicted octanol–water partition coefficient (Wildman–Crippen LogP) is 4.33. The molecule has 0 aromatic heterocycles. The summed E-state index contributed by atoms with van der Waals surface area (Å²) >= 11 is 0. The summed E-state index contributed by atoms with van der Waals surface area (Å²) in [5.41, 5.74) is 5.56. The van der Waals surface area contributed by atoms with Crippen LogP contribution in [-0.2, 0) is 44.8 Å². The van der Waals surface area contributed by atoms with Crippen molar-refractivity contribution in [1.29, 1.82) is 0 Å². The van der Waals surface area contributed by atoms with Crippen molar-refractivity contribution in [2.75, 3.05) is 33.5 Å². The fourth-order valence-corrected chi connectivity index (χ4v) is 6.66. The largest absolute Gasteiger partial charge is 0.488 e. The van der Waals surface area contributed by atoms with Gasteiger partial charge in [-0.15, -0.1) is 6.58 Å². The second-order valence-corrected chi connectivity index (χ2v) is 11.8. The Bertz CT molecular complexity index is 1710. The molecule has 2 aromatic carbocycles. The van der Waals surface area contributed by atoms with Gasteiger partial charge >= 0.3 is 17.9 Å². The number of carbonyl (C=O) groups excluding carboxylic acids is 4. The van der Waals surface area contributed by atoms with Crippen LogP contribution in [0, 0.1) is 17.8 Å². The maximum absolute atomic E-state index is 13.5. The number of rotatable bonds is 15. The lowest BCUT2D eigenvalue weighted by Gasteiger charge is -2.47. The number of esters is 2. The Morgan fingerprint density at radius 1 is 1.06 bits per heavy atom. The van der Waals surface area contributed by atoms with Gasteiger partial charge in [0.15, 0.2) is 0 Å². The monoisotopic (exact) mass is 657 g/mol. The Hall–Kier alpha value is -5.00. The molecule has 0 saturated carbocycles. The van der Waals surface area contributed by atoms with Gasteiger partial charge in [0.25, 0.3) is 0 Å². The predicted molar refractivity (Wildman–Crippen MR) is 175 cm³/mol. The van der Waals surface area contributed by atoms with Crippen LogP contribution < -0.4 is 4.74 Å². The Morgan fingerprint density at radius 3 is 2.54 bits per heavy atom. The summed E-state index contributed by atoms with van der Waals surface area (Å²) in [6.07, 6.45) is 5.58. The van der Waals surface area contributed by atoms with Gasteiger partial charge in [0.05, 0.1) is 25.0 Å². The van der Waals surface area contributed by atoms with Crippen molar-refractivity contribution < 1.29 is 48.3 Å². The normalized spacial score (nSPS) is 20.3. The van der Waals surface area contributed by atoms with Crippen LogP contribution in [0.1, 0.15) is 37.0 Å². The molecule has 1 fully saturated rings. The number of ether oxygens (including phenoxy) is 3. The minimum atomic E-state index is -0.840. The molecular weight excluding hydrogens is 618 g/mol. The van der Waals surface area contributed by atoms with Crippen molar-refractivity contribution in [2.45, 2.75) is 32.7 Å². The van der Waals surface area contributed by atoms with Crippen LogP contribution in [0.3, 0.4) is 0 Å². The summed E-state index contributed by atoms with van der Waals surface area (Å²) in [6, 6.07) is 11.0. The average molecular weight is 658 g/mol. The molecule has 4 atom stereocenters.